The maximum atomic E-state index is 9.39. The number of hydrogen-bond acceptors (Lipinski definition) is 1. The van der Waals surface area contributed by atoms with Crippen molar-refractivity contribution in [3.8, 4) is 0 Å². The topological polar surface area (TPSA) is 20.2 Å². The highest BCUT2D eigenvalue weighted by Gasteiger charge is 2.20. The Morgan fingerprint density at radius 3 is 2.65 bits per heavy atom. The second-order valence-electron chi connectivity index (χ2n) is 6.63. The van der Waals surface area contributed by atoms with Gasteiger partial charge < -0.3 is 5.11 Å². The molecule has 1 N–H and O–H groups in total. The highest BCUT2D eigenvalue weighted by atomic mass is 16.3. The van der Waals surface area contributed by atoms with Gasteiger partial charge in [0.1, 0.15) is 0 Å². The molecule has 0 aliphatic heterocycles. The molecular weight excluding hydrogens is 244 g/mol. The molecular formula is C19H32O. The van der Waals surface area contributed by atoms with Crippen LogP contribution in [-0.2, 0) is 0 Å². The SMILES string of the molecule is CC(C)=CCCC(C)=CCCC1=CC[C@@H](C)[C@@H](CO)C1. The first-order valence-corrected chi connectivity index (χ1v) is 8.10. The molecule has 0 saturated heterocycles. The molecule has 0 aromatic rings. The number of aliphatic hydroxyl groups is 1. The van der Waals surface area contributed by atoms with Crippen LogP contribution in [0, 0.1) is 11.8 Å². The van der Waals surface area contributed by atoms with E-state index in [1.807, 2.05) is 0 Å². The normalized spacial score (nSPS) is 23.4. The van der Waals surface area contributed by atoms with Crippen LogP contribution in [0.2, 0.25) is 0 Å². The Bertz CT molecular complexity index is 369. The molecule has 1 aliphatic carbocycles. The number of aliphatic hydroxyl groups excluding tert-OH is 1. The van der Waals surface area contributed by atoms with Gasteiger partial charge in [-0.3, -0.25) is 0 Å². The minimum Gasteiger partial charge on any atom is -0.396 e. The molecule has 1 nitrogen and oxygen atoms in total. The molecule has 0 amide bonds. The molecule has 1 aliphatic rings. The van der Waals surface area contributed by atoms with E-state index in [2.05, 4.69) is 45.9 Å². The van der Waals surface area contributed by atoms with Crippen molar-refractivity contribution in [3.05, 3.63) is 34.9 Å². The van der Waals surface area contributed by atoms with Crippen LogP contribution in [0.1, 0.15) is 66.2 Å². The monoisotopic (exact) mass is 276 g/mol. The minimum absolute atomic E-state index is 0.343. The summed E-state index contributed by atoms with van der Waals surface area (Å²) in [5, 5.41) is 9.39. The van der Waals surface area contributed by atoms with Gasteiger partial charge in [-0.15, -0.1) is 0 Å². The second kappa shape index (κ2) is 9.18. The summed E-state index contributed by atoms with van der Waals surface area (Å²) in [5.74, 6) is 1.13. The summed E-state index contributed by atoms with van der Waals surface area (Å²) in [6.45, 7) is 9.16. The first-order valence-electron chi connectivity index (χ1n) is 8.10. The van der Waals surface area contributed by atoms with E-state index < -0.39 is 0 Å². The third-order valence-electron chi connectivity index (χ3n) is 4.39. The molecule has 0 aromatic heterocycles. The molecule has 2 atom stereocenters. The summed E-state index contributed by atoms with van der Waals surface area (Å²) >= 11 is 0. The zero-order valence-electron chi connectivity index (χ0n) is 13.8. The van der Waals surface area contributed by atoms with Crippen LogP contribution < -0.4 is 0 Å². The van der Waals surface area contributed by atoms with Gasteiger partial charge in [-0.05, 0) is 71.1 Å². The lowest BCUT2D eigenvalue weighted by atomic mass is 9.80. The van der Waals surface area contributed by atoms with Crippen LogP contribution in [-0.4, -0.2) is 11.7 Å². The Kier molecular flexibility index (Phi) is 7.91. The van der Waals surface area contributed by atoms with Gasteiger partial charge in [0, 0.05) is 6.61 Å². The molecule has 0 unspecified atom stereocenters. The van der Waals surface area contributed by atoms with Crippen LogP contribution in [0.15, 0.2) is 34.9 Å². The van der Waals surface area contributed by atoms with Crippen LogP contribution in [0.3, 0.4) is 0 Å². The van der Waals surface area contributed by atoms with Gasteiger partial charge in [-0.1, -0.05) is 41.9 Å². The van der Waals surface area contributed by atoms with Gasteiger partial charge >= 0.3 is 0 Å². The van der Waals surface area contributed by atoms with E-state index in [0.717, 1.165) is 25.7 Å². The van der Waals surface area contributed by atoms with E-state index in [-0.39, 0.29) is 0 Å². The molecule has 20 heavy (non-hydrogen) atoms. The fourth-order valence-corrected chi connectivity index (χ4v) is 2.81. The van der Waals surface area contributed by atoms with E-state index >= 15 is 0 Å². The lowest BCUT2D eigenvalue weighted by molar-refractivity contribution is 0.175. The quantitative estimate of drug-likeness (QED) is 0.615. The summed E-state index contributed by atoms with van der Waals surface area (Å²) in [6.07, 6.45) is 14.0. The summed E-state index contributed by atoms with van der Waals surface area (Å²) in [5.41, 5.74) is 4.47. The molecule has 1 heteroatoms. The Morgan fingerprint density at radius 1 is 1.25 bits per heavy atom. The first-order chi connectivity index (χ1) is 9.52. The average molecular weight is 276 g/mol. The minimum atomic E-state index is 0.343. The Labute approximate surface area is 125 Å². The zero-order chi connectivity index (χ0) is 15.0. The fourth-order valence-electron chi connectivity index (χ4n) is 2.81. The Hall–Kier alpha value is -0.820. The van der Waals surface area contributed by atoms with Gasteiger partial charge in [0.05, 0.1) is 0 Å². The molecule has 0 radical (unpaired) electrons. The van der Waals surface area contributed by atoms with Gasteiger partial charge in [-0.2, -0.15) is 0 Å². The number of allylic oxidation sites excluding steroid dienone is 6. The molecule has 0 saturated carbocycles. The lowest BCUT2D eigenvalue weighted by Crippen LogP contribution is -2.19. The molecule has 0 aromatic carbocycles. The van der Waals surface area contributed by atoms with Crippen molar-refractivity contribution >= 4 is 0 Å². The van der Waals surface area contributed by atoms with Crippen molar-refractivity contribution in [1.29, 1.82) is 0 Å². The van der Waals surface area contributed by atoms with Crippen LogP contribution >= 0.6 is 0 Å². The summed E-state index contributed by atoms with van der Waals surface area (Å²) < 4.78 is 0. The Morgan fingerprint density at radius 2 is 2.00 bits per heavy atom. The van der Waals surface area contributed by atoms with Crippen molar-refractivity contribution in [3.63, 3.8) is 0 Å². The molecule has 1 rings (SSSR count). The smallest absolute Gasteiger partial charge is 0.0464 e. The van der Waals surface area contributed by atoms with E-state index in [0.29, 0.717) is 18.4 Å². The first kappa shape index (κ1) is 17.2. The van der Waals surface area contributed by atoms with Crippen LogP contribution in [0.4, 0.5) is 0 Å². The standard InChI is InChI=1S/C19H32O/c1-15(2)7-5-8-16(3)9-6-10-18-12-11-17(4)19(13-18)14-20/h7,9,12,17,19-20H,5-6,8,10-11,13-14H2,1-4H3/t17-,19-/m1/s1. The van der Waals surface area contributed by atoms with Crippen LogP contribution in [0.5, 0.6) is 0 Å². The lowest BCUT2D eigenvalue weighted by Gasteiger charge is -2.27. The number of rotatable bonds is 7. The van der Waals surface area contributed by atoms with Crippen LogP contribution in [0.25, 0.3) is 0 Å². The molecule has 0 fully saturated rings. The van der Waals surface area contributed by atoms with Gasteiger partial charge in [0.15, 0.2) is 0 Å². The maximum absolute atomic E-state index is 9.39. The summed E-state index contributed by atoms with van der Waals surface area (Å²) in [6, 6.07) is 0. The van der Waals surface area contributed by atoms with E-state index in [4.69, 9.17) is 0 Å². The largest absolute Gasteiger partial charge is 0.396 e. The van der Waals surface area contributed by atoms with Crippen molar-refractivity contribution in [2.45, 2.75) is 66.2 Å². The Balaban J connectivity index is 2.31. The third-order valence-corrected chi connectivity index (χ3v) is 4.39. The highest BCUT2D eigenvalue weighted by molar-refractivity contribution is 5.10. The van der Waals surface area contributed by atoms with Gasteiger partial charge in [0.2, 0.25) is 0 Å². The van der Waals surface area contributed by atoms with Crippen molar-refractivity contribution in [2.75, 3.05) is 6.61 Å². The van der Waals surface area contributed by atoms with Crippen molar-refractivity contribution in [1.82, 2.24) is 0 Å². The second-order valence-corrected chi connectivity index (χ2v) is 6.63. The maximum Gasteiger partial charge on any atom is 0.0464 e. The fraction of sp³-hybridized carbons (Fsp3) is 0.684. The molecule has 0 bridgehead atoms. The highest BCUT2D eigenvalue weighted by Crippen LogP contribution is 2.31. The van der Waals surface area contributed by atoms with Gasteiger partial charge in [0.25, 0.3) is 0 Å². The number of hydrogen-bond donors (Lipinski definition) is 1. The average Bonchev–Trinajstić information content (AvgIpc) is 2.40. The molecule has 114 valence electrons. The zero-order valence-corrected chi connectivity index (χ0v) is 13.8. The van der Waals surface area contributed by atoms with E-state index in [9.17, 15) is 5.11 Å². The van der Waals surface area contributed by atoms with Crippen molar-refractivity contribution in [2.24, 2.45) is 11.8 Å². The predicted molar refractivity (Wildman–Crippen MR) is 88.7 cm³/mol. The predicted octanol–water partition coefficient (Wildman–Crippen LogP) is 5.42. The third kappa shape index (κ3) is 6.56. The van der Waals surface area contributed by atoms with Gasteiger partial charge in [-0.25, -0.2) is 0 Å². The summed E-state index contributed by atoms with van der Waals surface area (Å²) in [4.78, 5) is 0. The van der Waals surface area contributed by atoms with Crippen molar-refractivity contribution < 1.29 is 5.11 Å². The molecule has 0 spiro atoms. The van der Waals surface area contributed by atoms with E-state index in [1.54, 1.807) is 5.57 Å². The van der Waals surface area contributed by atoms with E-state index in [1.165, 1.54) is 24.0 Å². The summed E-state index contributed by atoms with van der Waals surface area (Å²) in [7, 11) is 0. The molecule has 0 heterocycles.